The van der Waals surface area contributed by atoms with Gasteiger partial charge in [0.2, 0.25) is 0 Å². The van der Waals surface area contributed by atoms with Gasteiger partial charge in [0.15, 0.2) is 0 Å². The Hall–Kier alpha value is -2.29. The number of rotatable bonds is 6. The van der Waals surface area contributed by atoms with Gasteiger partial charge in [0, 0.05) is 32.1 Å². The molecule has 0 aromatic carbocycles. The van der Waals surface area contributed by atoms with Gasteiger partial charge in [0.25, 0.3) is 5.91 Å². The molecule has 0 saturated heterocycles. The van der Waals surface area contributed by atoms with Crippen LogP contribution in [-0.4, -0.2) is 65.8 Å². The molecule has 0 aliphatic heterocycles. The van der Waals surface area contributed by atoms with Crippen LogP contribution in [-0.2, 0) is 11.3 Å². The lowest BCUT2D eigenvalue weighted by atomic mass is 10.2. The lowest BCUT2D eigenvalue weighted by molar-refractivity contribution is 0.0283. The molecule has 0 saturated carbocycles. The molecule has 1 rings (SSSR count). The molecule has 0 atom stereocenters. The van der Waals surface area contributed by atoms with Gasteiger partial charge in [-0.3, -0.25) is 4.79 Å². The summed E-state index contributed by atoms with van der Waals surface area (Å²) in [5, 5.41) is 10.9. The fourth-order valence-corrected chi connectivity index (χ4v) is 3.12. The third kappa shape index (κ3) is 6.91. The van der Waals surface area contributed by atoms with Crippen LogP contribution in [0.3, 0.4) is 0 Å². The fraction of sp³-hybridized carbons (Fsp3) is 0.588. The lowest BCUT2D eigenvalue weighted by Crippen LogP contribution is -2.39. The number of nitrogens with one attached hydrogen (secondary N) is 1. The summed E-state index contributed by atoms with van der Waals surface area (Å²) >= 11 is 1.26. The second-order valence-corrected chi connectivity index (χ2v) is 8.15. The van der Waals surface area contributed by atoms with E-state index in [4.69, 9.17) is 9.84 Å². The van der Waals surface area contributed by atoms with Gasteiger partial charge in [-0.15, -0.1) is 11.3 Å². The van der Waals surface area contributed by atoms with E-state index in [2.05, 4.69) is 5.32 Å². The molecule has 146 valence electrons. The zero-order valence-electron chi connectivity index (χ0n) is 16.1. The SMILES string of the molecule is Cc1cc(CNC(=O)O)sc1C(=O)N(C)CCN(C)C(=O)OC(C)(C)C. The molecule has 0 spiro atoms. The number of hydrogen-bond acceptors (Lipinski definition) is 5. The molecule has 1 aromatic rings. The minimum absolute atomic E-state index is 0.160. The highest BCUT2D eigenvalue weighted by molar-refractivity contribution is 7.14. The Morgan fingerprint density at radius 2 is 1.77 bits per heavy atom. The van der Waals surface area contributed by atoms with Gasteiger partial charge in [-0.25, -0.2) is 9.59 Å². The van der Waals surface area contributed by atoms with Crippen LogP contribution in [0, 0.1) is 6.92 Å². The summed E-state index contributed by atoms with van der Waals surface area (Å²) in [6, 6.07) is 1.80. The van der Waals surface area contributed by atoms with E-state index < -0.39 is 17.8 Å². The molecule has 0 bridgehead atoms. The Kier molecular flexibility index (Phi) is 7.43. The number of aryl methyl sites for hydroxylation is 1. The first-order valence-corrected chi connectivity index (χ1v) is 8.98. The van der Waals surface area contributed by atoms with Crippen LogP contribution >= 0.6 is 11.3 Å². The average Bonchev–Trinajstić information content (AvgIpc) is 2.88. The maximum Gasteiger partial charge on any atom is 0.410 e. The first kappa shape index (κ1) is 21.8. The highest BCUT2D eigenvalue weighted by Gasteiger charge is 2.22. The number of likely N-dealkylation sites (N-methyl/N-ethyl adjacent to an activating group) is 2. The van der Waals surface area contributed by atoms with Crippen molar-refractivity contribution in [1.82, 2.24) is 15.1 Å². The van der Waals surface area contributed by atoms with Crippen LogP contribution in [0.15, 0.2) is 6.07 Å². The second-order valence-electron chi connectivity index (χ2n) is 7.01. The number of carboxylic acid groups (broad SMARTS) is 1. The zero-order chi connectivity index (χ0) is 20.1. The summed E-state index contributed by atoms with van der Waals surface area (Å²) in [4.78, 5) is 39.4. The normalized spacial score (nSPS) is 11.0. The van der Waals surface area contributed by atoms with Crippen molar-refractivity contribution >= 4 is 29.4 Å². The average molecular weight is 385 g/mol. The van der Waals surface area contributed by atoms with Gasteiger partial charge in [0.1, 0.15) is 5.60 Å². The molecular weight excluding hydrogens is 358 g/mol. The molecule has 0 unspecified atom stereocenters. The number of nitrogens with zero attached hydrogens (tertiary/aromatic N) is 2. The second kappa shape index (κ2) is 8.88. The molecule has 26 heavy (non-hydrogen) atoms. The summed E-state index contributed by atoms with van der Waals surface area (Å²) < 4.78 is 5.28. The first-order valence-electron chi connectivity index (χ1n) is 8.16. The third-order valence-corrected chi connectivity index (χ3v) is 4.62. The number of ether oxygens (including phenoxy) is 1. The smallest absolute Gasteiger partial charge is 0.410 e. The van der Waals surface area contributed by atoms with E-state index in [1.807, 2.05) is 6.92 Å². The van der Waals surface area contributed by atoms with E-state index in [0.717, 1.165) is 10.4 Å². The van der Waals surface area contributed by atoms with E-state index >= 15 is 0 Å². The van der Waals surface area contributed by atoms with Crippen molar-refractivity contribution in [1.29, 1.82) is 0 Å². The topological polar surface area (TPSA) is 99.2 Å². The molecule has 0 radical (unpaired) electrons. The van der Waals surface area contributed by atoms with Gasteiger partial charge < -0.3 is 25.0 Å². The predicted octanol–water partition coefficient (Wildman–Crippen LogP) is 2.76. The maximum absolute atomic E-state index is 12.6. The molecule has 0 aliphatic carbocycles. The Morgan fingerprint density at radius 1 is 1.19 bits per heavy atom. The Morgan fingerprint density at radius 3 is 2.31 bits per heavy atom. The van der Waals surface area contributed by atoms with Crippen molar-refractivity contribution in [3.8, 4) is 0 Å². The number of carbonyl (C=O) groups excluding carboxylic acids is 2. The van der Waals surface area contributed by atoms with Crippen molar-refractivity contribution in [2.45, 2.75) is 39.8 Å². The van der Waals surface area contributed by atoms with Crippen molar-refractivity contribution in [2.75, 3.05) is 27.2 Å². The van der Waals surface area contributed by atoms with Crippen LogP contribution in [0.4, 0.5) is 9.59 Å². The molecule has 8 nitrogen and oxygen atoms in total. The lowest BCUT2D eigenvalue weighted by Gasteiger charge is -2.26. The van der Waals surface area contributed by atoms with Crippen LogP contribution in [0.5, 0.6) is 0 Å². The first-order chi connectivity index (χ1) is 11.9. The molecule has 0 fully saturated rings. The van der Waals surface area contributed by atoms with Gasteiger partial charge in [-0.1, -0.05) is 0 Å². The van der Waals surface area contributed by atoms with Crippen molar-refractivity contribution in [2.24, 2.45) is 0 Å². The van der Waals surface area contributed by atoms with Crippen molar-refractivity contribution in [3.63, 3.8) is 0 Å². The van der Waals surface area contributed by atoms with E-state index in [9.17, 15) is 14.4 Å². The minimum atomic E-state index is -1.11. The molecule has 1 heterocycles. The van der Waals surface area contributed by atoms with Crippen LogP contribution in [0.2, 0.25) is 0 Å². The number of amides is 3. The minimum Gasteiger partial charge on any atom is -0.465 e. The Labute approximate surface area is 157 Å². The molecule has 9 heteroatoms. The molecule has 1 aromatic heterocycles. The van der Waals surface area contributed by atoms with Crippen LogP contribution in [0.1, 0.15) is 40.9 Å². The molecular formula is C17H27N3O5S. The zero-order valence-corrected chi connectivity index (χ0v) is 16.9. The molecule has 3 amide bonds. The monoisotopic (exact) mass is 385 g/mol. The highest BCUT2D eigenvalue weighted by Crippen LogP contribution is 2.23. The van der Waals surface area contributed by atoms with Crippen LogP contribution < -0.4 is 5.32 Å². The summed E-state index contributed by atoms with van der Waals surface area (Å²) in [6.07, 6.45) is -1.54. The van der Waals surface area contributed by atoms with Gasteiger partial charge in [-0.2, -0.15) is 0 Å². The Balaban J connectivity index is 2.62. The van der Waals surface area contributed by atoms with E-state index in [-0.39, 0.29) is 12.5 Å². The van der Waals surface area contributed by atoms with Gasteiger partial charge in [0.05, 0.1) is 11.4 Å². The summed E-state index contributed by atoms with van der Waals surface area (Å²) in [7, 11) is 3.29. The Bertz CT molecular complexity index is 666. The molecule has 2 N–H and O–H groups in total. The van der Waals surface area contributed by atoms with Crippen molar-refractivity contribution in [3.05, 3.63) is 21.4 Å². The summed E-state index contributed by atoms with van der Waals surface area (Å²) in [5.41, 5.74) is 0.233. The third-order valence-electron chi connectivity index (χ3n) is 3.40. The van der Waals surface area contributed by atoms with Crippen molar-refractivity contribution < 1.29 is 24.2 Å². The van der Waals surface area contributed by atoms with E-state index in [0.29, 0.717) is 18.0 Å². The number of hydrogen-bond donors (Lipinski definition) is 2. The van der Waals surface area contributed by atoms with E-state index in [1.54, 1.807) is 40.9 Å². The summed E-state index contributed by atoms with van der Waals surface area (Å²) in [5.74, 6) is -0.160. The highest BCUT2D eigenvalue weighted by atomic mass is 32.1. The largest absolute Gasteiger partial charge is 0.465 e. The fourth-order valence-electron chi connectivity index (χ4n) is 2.02. The molecule has 0 aliphatic rings. The maximum atomic E-state index is 12.6. The number of carbonyl (C=O) groups is 3. The van der Waals surface area contributed by atoms with Crippen LogP contribution in [0.25, 0.3) is 0 Å². The van der Waals surface area contributed by atoms with Gasteiger partial charge in [-0.05, 0) is 39.3 Å². The van der Waals surface area contributed by atoms with Gasteiger partial charge >= 0.3 is 12.2 Å². The quantitative estimate of drug-likeness (QED) is 0.784. The predicted molar refractivity (Wildman–Crippen MR) is 99.7 cm³/mol. The number of thiophene rings is 1. The van der Waals surface area contributed by atoms with E-state index in [1.165, 1.54) is 21.1 Å². The standard InChI is InChI=1S/C17H27N3O5S/c1-11-9-12(10-18-15(22)23)26-13(11)14(21)19(5)7-8-20(6)16(24)25-17(2,3)4/h9,18H,7-8,10H2,1-6H3,(H,22,23). The summed E-state index contributed by atoms with van der Waals surface area (Å²) in [6.45, 7) is 8.07.